The van der Waals surface area contributed by atoms with Crippen molar-refractivity contribution < 1.29 is 0 Å². The highest BCUT2D eigenvalue weighted by atomic mass is 14.6. The maximum Gasteiger partial charge on any atom is 0.0336 e. The van der Waals surface area contributed by atoms with Gasteiger partial charge in [0.25, 0.3) is 0 Å². The van der Waals surface area contributed by atoms with E-state index in [9.17, 15) is 0 Å². The normalized spacial score (nSPS) is 12.4. The van der Waals surface area contributed by atoms with Crippen LogP contribution in [0.3, 0.4) is 0 Å². The molecule has 0 aliphatic carbocycles. The molecular weight excluding hydrogens is 196 g/mol. The van der Waals surface area contributed by atoms with Crippen LogP contribution in [0.1, 0.15) is 22.7 Å². The Morgan fingerprint density at radius 3 is 2.62 bits per heavy atom. The summed E-state index contributed by atoms with van der Waals surface area (Å²) in [4.78, 5) is 3.99. The van der Waals surface area contributed by atoms with Crippen molar-refractivity contribution in [1.82, 2.24) is 4.98 Å². The first-order valence-corrected chi connectivity index (χ1v) is 5.47. The van der Waals surface area contributed by atoms with Gasteiger partial charge in [-0.1, -0.05) is 29.8 Å². The van der Waals surface area contributed by atoms with Gasteiger partial charge in [0.15, 0.2) is 0 Å². The molecule has 0 aliphatic heterocycles. The van der Waals surface area contributed by atoms with Gasteiger partial charge < -0.3 is 5.73 Å². The lowest BCUT2D eigenvalue weighted by Gasteiger charge is -2.12. The zero-order chi connectivity index (χ0) is 11.4. The van der Waals surface area contributed by atoms with Gasteiger partial charge in [-0.3, -0.25) is 4.98 Å². The molecule has 0 spiro atoms. The Labute approximate surface area is 96.1 Å². The molecule has 1 aromatic carbocycles. The number of nitrogens with zero attached hydrogens (tertiary/aromatic N) is 1. The molecule has 2 nitrogen and oxygen atoms in total. The maximum absolute atomic E-state index is 6.15. The first kappa shape index (κ1) is 10.8. The van der Waals surface area contributed by atoms with Crippen LogP contribution in [0, 0.1) is 6.92 Å². The highest BCUT2D eigenvalue weighted by Crippen LogP contribution is 2.15. The third-order valence-corrected chi connectivity index (χ3v) is 2.67. The zero-order valence-corrected chi connectivity index (χ0v) is 9.43. The van der Waals surface area contributed by atoms with Gasteiger partial charge in [0.2, 0.25) is 0 Å². The van der Waals surface area contributed by atoms with Crippen LogP contribution in [0.4, 0.5) is 0 Å². The Kier molecular flexibility index (Phi) is 3.32. The van der Waals surface area contributed by atoms with Gasteiger partial charge in [-0.15, -0.1) is 0 Å². The quantitative estimate of drug-likeness (QED) is 0.849. The summed E-state index contributed by atoms with van der Waals surface area (Å²) >= 11 is 0. The Morgan fingerprint density at radius 1 is 1.19 bits per heavy atom. The Hall–Kier alpha value is -1.67. The number of nitrogens with two attached hydrogens (primary N) is 1. The molecule has 1 atom stereocenters. The lowest BCUT2D eigenvalue weighted by Crippen LogP contribution is -2.13. The van der Waals surface area contributed by atoms with E-state index in [2.05, 4.69) is 36.2 Å². The molecular formula is C14H16N2. The van der Waals surface area contributed by atoms with Crippen LogP contribution >= 0.6 is 0 Å². The molecule has 0 amide bonds. The van der Waals surface area contributed by atoms with Crippen LogP contribution in [0.2, 0.25) is 0 Å². The number of aryl methyl sites for hydroxylation is 1. The summed E-state index contributed by atoms with van der Waals surface area (Å²) in [7, 11) is 0. The molecule has 2 rings (SSSR count). The van der Waals surface area contributed by atoms with Crippen molar-refractivity contribution in [1.29, 1.82) is 0 Å². The van der Waals surface area contributed by atoms with Crippen LogP contribution in [0.25, 0.3) is 0 Å². The summed E-state index contributed by atoms with van der Waals surface area (Å²) in [6, 6.07) is 12.5. The minimum atomic E-state index is 0.0461. The summed E-state index contributed by atoms with van der Waals surface area (Å²) in [6.45, 7) is 2.10. The monoisotopic (exact) mass is 212 g/mol. The Bertz CT molecular complexity index is 451. The topological polar surface area (TPSA) is 38.9 Å². The van der Waals surface area contributed by atoms with Gasteiger partial charge in [-0.05, 0) is 36.6 Å². The Balaban J connectivity index is 2.11. The molecule has 0 saturated carbocycles. The zero-order valence-electron chi connectivity index (χ0n) is 9.43. The second kappa shape index (κ2) is 4.90. The third kappa shape index (κ3) is 2.67. The van der Waals surface area contributed by atoms with E-state index in [4.69, 9.17) is 5.73 Å². The highest BCUT2D eigenvalue weighted by molar-refractivity contribution is 5.25. The van der Waals surface area contributed by atoms with Crippen molar-refractivity contribution in [3.63, 3.8) is 0 Å². The minimum Gasteiger partial charge on any atom is -0.324 e. The molecule has 1 unspecified atom stereocenters. The summed E-state index contributed by atoms with van der Waals surface area (Å²) in [6.07, 6.45) is 4.43. The van der Waals surface area contributed by atoms with E-state index < -0.39 is 0 Å². The molecule has 0 aliphatic rings. The van der Waals surface area contributed by atoms with Gasteiger partial charge in [0, 0.05) is 18.4 Å². The van der Waals surface area contributed by atoms with Crippen molar-refractivity contribution in [3.05, 3.63) is 65.5 Å². The van der Waals surface area contributed by atoms with Crippen LogP contribution in [-0.2, 0) is 6.42 Å². The van der Waals surface area contributed by atoms with Gasteiger partial charge >= 0.3 is 0 Å². The van der Waals surface area contributed by atoms with Crippen LogP contribution in [-0.4, -0.2) is 4.98 Å². The van der Waals surface area contributed by atoms with E-state index >= 15 is 0 Å². The fraction of sp³-hybridized carbons (Fsp3) is 0.214. The Morgan fingerprint density at radius 2 is 1.94 bits per heavy atom. The van der Waals surface area contributed by atoms with Crippen LogP contribution in [0.5, 0.6) is 0 Å². The molecule has 2 N–H and O–H groups in total. The fourth-order valence-corrected chi connectivity index (χ4v) is 1.82. The van der Waals surface area contributed by atoms with Gasteiger partial charge in [-0.25, -0.2) is 0 Å². The van der Waals surface area contributed by atoms with Crippen LogP contribution in [0.15, 0.2) is 48.8 Å². The smallest absolute Gasteiger partial charge is 0.0336 e. The van der Waals surface area contributed by atoms with E-state index in [0.29, 0.717) is 0 Å². The number of hydrogen-bond donors (Lipinski definition) is 1. The molecule has 2 aromatic rings. The van der Waals surface area contributed by atoms with E-state index in [0.717, 1.165) is 12.0 Å². The average Bonchev–Trinajstić information content (AvgIpc) is 2.30. The highest BCUT2D eigenvalue weighted by Gasteiger charge is 2.06. The van der Waals surface area contributed by atoms with Gasteiger partial charge in [0.05, 0.1) is 0 Å². The fourth-order valence-electron chi connectivity index (χ4n) is 1.82. The number of aromatic nitrogens is 1. The van der Waals surface area contributed by atoms with Gasteiger partial charge in [0.1, 0.15) is 0 Å². The van der Waals surface area contributed by atoms with E-state index in [1.807, 2.05) is 12.1 Å². The average molecular weight is 212 g/mol. The number of benzene rings is 1. The molecule has 0 fully saturated rings. The van der Waals surface area contributed by atoms with Gasteiger partial charge in [-0.2, -0.15) is 0 Å². The number of pyridine rings is 1. The molecule has 82 valence electrons. The van der Waals surface area contributed by atoms with Crippen LogP contribution < -0.4 is 5.73 Å². The largest absolute Gasteiger partial charge is 0.324 e. The second-order valence-corrected chi connectivity index (χ2v) is 4.08. The van der Waals surface area contributed by atoms with Crippen molar-refractivity contribution in [2.75, 3.05) is 0 Å². The maximum atomic E-state index is 6.15. The predicted octanol–water partition coefficient (Wildman–Crippen LogP) is 2.63. The minimum absolute atomic E-state index is 0.0461. The standard InChI is InChI=1S/C14H16N2/c1-11-3-2-4-12(9-11)10-14(15)13-5-7-16-8-6-13/h2-9,14H,10,15H2,1H3. The molecule has 0 saturated heterocycles. The molecule has 1 aromatic heterocycles. The number of hydrogen-bond acceptors (Lipinski definition) is 2. The van der Waals surface area contributed by atoms with Crippen molar-refractivity contribution >= 4 is 0 Å². The van der Waals surface area contributed by atoms with E-state index in [1.165, 1.54) is 11.1 Å². The number of rotatable bonds is 3. The third-order valence-electron chi connectivity index (χ3n) is 2.67. The molecule has 2 heteroatoms. The van der Waals surface area contributed by atoms with E-state index in [1.54, 1.807) is 12.4 Å². The molecule has 16 heavy (non-hydrogen) atoms. The summed E-state index contributed by atoms with van der Waals surface area (Å²) in [5.74, 6) is 0. The van der Waals surface area contributed by atoms with Crippen molar-refractivity contribution in [2.24, 2.45) is 5.73 Å². The molecule has 0 radical (unpaired) electrons. The van der Waals surface area contributed by atoms with Crippen molar-refractivity contribution in [2.45, 2.75) is 19.4 Å². The SMILES string of the molecule is Cc1cccc(CC(N)c2ccncc2)c1. The first-order valence-electron chi connectivity index (χ1n) is 5.47. The second-order valence-electron chi connectivity index (χ2n) is 4.08. The summed E-state index contributed by atoms with van der Waals surface area (Å²) in [5.41, 5.74) is 9.84. The van der Waals surface area contributed by atoms with E-state index in [-0.39, 0.29) is 6.04 Å². The summed E-state index contributed by atoms with van der Waals surface area (Å²) in [5, 5.41) is 0. The lowest BCUT2D eigenvalue weighted by molar-refractivity contribution is 0.720. The summed E-state index contributed by atoms with van der Waals surface area (Å²) < 4.78 is 0. The first-order chi connectivity index (χ1) is 7.75. The predicted molar refractivity (Wildman–Crippen MR) is 66.0 cm³/mol. The molecule has 1 heterocycles. The molecule has 0 bridgehead atoms. The lowest BCUT2D eigenvalue weighted by atomic mass is 9.99. The van der Waals surface area contributed by atoms with Crippen molar-refractivity contribution in [3.8, 4) is 0 Å².